The molecule has 1 saturated heterocycles. The lowest BCUT2D eigenvalue weighted by Crippen LogP contribution is -2.39. The Morgan fingerprint density at radius 1 is 1.26 bits per heavy atom. The fourth-order valence-electron chi connectivity index (χ4n) is 2.91. The predicted molar refractivity (Wildman–Crippen MR) is 86.2 cm³/mol. The molecule has 23 heavy (non-hydrogen) atoms. The summed E-state index contributed by atoms with van der Waals surface area (Å²) in [6.45, 7) is 4.29. The summed E-state index contributed by atoms with van der Waals surface area (Å²) < 4.78 is 10.3. The summed E-state index contributed by atoms with van der Waals surface area (Å²) in [5.74, 6) is 0.958. The molecule has 6 nitrogen and oxygen atoms in total. The first kappa shape index (κ1) is 17.5. The highest BCUT2D eigenvalue weighted by Crippen LogP contribution is 2.17. The number of rotatable bonds is 5. The fourth-order valence-corrected chi connectivity index (χ4v) is 2.91. The first-order valence-corrected chi connectivity index (χ1v) is 8.15. The van der Waals surface area contributed by atoms with Gasteiger partial charge < -0.3 is 14.1 Å². The minimum Gasteiger partial charge on any atom is -0.465 e. The molecule has 1 aromatic rings. The van der Waals surface area contributed by atoms with Gasteiger partial charge in [0, 0.05) is 13.1 Å². The molecule has 1 aliphatic heterocycles. The number of carbonyl (C=O) groups excluding carboxylic acids is 2. The summed E-state index contributed by atoms with van der Waals surface area (Å²) in [7, 11) is 3.23. The van der Waals surface area contributed by atoms with Gasteiger partial charge in [0.25, 0.3) is 0 Å². The lowest BCUT2D eigenvalue weighted by Gasteiger charge is -2.23. The highest BCUT2D eigenvalue weighted by Gasteiger charge is 2.19. The first-order chi connectivity index (χ1) is 11.0. The third-order valence-corrected chi connectivity index (χ3v) is 4.16. The number of methoxy groups -OCH3 is 1. The lowest BCUT2D eigenvalue weighted by molar-refractivity contribution is -0.132. The highest BCUT2D eigenvalue weighted by atomic mass is 16.5. The Balaban J connectivity index is 1.90. The van der Waals surface area contributed by atoms with Crippen LogP contribution in [0.1, 0.15) is 47.6 Å². The molecule has 128 valence electrons. The van der Waals surface area contributed by atoms with Crippen molar-refractivity contribution in [2.24, 2.45) is 0 Å². The molecule has 0 unspecified atom stereocenters. The second-order valence-electron chi connectivity index (χ2n) is 6.14. The van der Waals surface area contributed by atoms with Crippen molar-refractivity contribution in [1.82, 2.24) is 9.80 Å². The normalized spacial score (nSPS) is 15.6. The van der Waals surface area contributed by atoms with Gasteiger partial charge in [-0.3, -0.25) is 9.69 Å². The monoisotopic (exact) mass is 322 g/mol. The van der Waals surface area contributed by atoms with Crippen LogP contribution >= 0.6 is 0 Å². The number of hydrogen-bond acceptors (Lipinski definition) is 5. The number of nitrogens with zero attached hydrogens (tertiary/aromatic N) is 2. The second-order valence-corrected chi connectivity index (χ2v) is 6.14. The van der Waals surface area contributed by atoms with Gasteiger partial charge in [-0.25, -0.2) is 4.79 Å². The van der Waals surface area contributed by atoms with Crippen LogP contribution in [-0.2, 0) is 16.1 Å². The summed E-state index contributed by atoms with van der Waals surface area (Å²) in [4.78, 5) is 27.8. The number of ether oxygens (including phenoxy) is 1. The van der Waals surface area contributed by atoms with E-state index in [4.69, 9.17) is 9.15 Å². The van der Waals surface area contributed by atoms with Gasteiger partial charge >= 0.3 is 5.97 Å². The smallest absolute Gasteiger partial charge is 0.341 e. The van der Waals surface area contributed by atoms with Gasteiger partial charge in [0.1, 0.15) is 17.1 Å². The Kier molecular flexibility index (Phi) is 6.21. The zero-order valence-corrected chi connectivity index (χ0v) is 14.3. The van der Waals surface area contributed by atoms with E-state index in [0.717, 1.165) is 25.9 Å². The molecule has 0 radical (unpaired) electrons. The van der Waals surface area contributed by atoms with E-state index in [-0.39, 0.29) is 5.91 Å². The highest BCUT2D eigenvalue weighted by molar-refractivity contribution is 5.90. The molecule has 1 fully saturated rings. The van der Waals surface area contributed by atoms with Crippen molar-refractivity contribution in [3.05, 3.63) is 23.2 Å². The molecule has 0 N–H and O–H groups in total. The van der Waals surface area contributed by atoms with Crippen LogP contribution in [0.25, 0.3) is 0 Å². The molecule has 0 spiro atoms. The van der Waals surface area contributed by atoms with Crippen molar-refractivity contribution in [1.29, 1.82) is 0 Å². The molecule has 1 amide bonds. The Bertz CT molecular complexity index is 545. The average Bonchev–Trinajstić information content (AvgIpc) is 2.74. The maximum Gasteiger partial charge on any atom is 0.341 e. The minimum absolute atomic E-state index is 0.158. The molecule has 1 aliphatic rings. The predicted octanol–water partition coefficient (Wildman–Crippen LogP) is 2.21. The molecule has 1 aromatic heterocycles. The van der Waals surface area contributed by atoms with Crippen LogP contribution in [0.4, 0.5) is 0 Å². The van der Waals surface area contributed by atoms with Gasteiger partial charge in [0.2, 0.25) is 5.91 Å². The van der Waals surface area contributed by atoms with Crippen LogP contribution in [0.15, 0.2) is 10.5 Å². The fraction of sp³-hybridized carbons (Fsp3) is 0.647. The number of aryl methyl sites for hydroxylation is 1. The van der Waals surface area contributed by atoms with Crippen molar-refractivity contribution >= 4 is 11.9 Å². The molecular formula is C17H26N2O4. The SMILES string of the molecule is COC(=O)c1cc(CN(C)CC(=O)N2CCCCCC2)oc1C. The van der Waals surface area contributed by atoms with Crippen molar-refractivity contribution in [2.75, 3.05) is 33.8 Å². The maximum atomic E-state index is 12.4. The quantitative estimate of drug-likeness (QED) is 0.778. The molecule has 6 heteroatoms. The number of furan rings is 1. The number of likely N-dealkylation sites (tertiary alicyclic amines) is 1. The van der Waals surface area contributed by atoms with Crippen LogP contribution < -0.4 is 0 Å². The van der Waals surface area contributed by atoms with Crippen molar-refractivity contribution in [3.8, 4) is 0 Å². The second kappa shape index (κ2) is 8.15. The molecule has 0 bridgehead atoms. The zero-order valence-electron chi connectivity index (χ0n) is 14.3. The zero-order chi connectivity index (χ0) is 16.8. The number of carbonyl (C=O) groups is 2. The van der Waals surface area contributed by atoms with Crippen LogP contribution in [-0.4, -0.2) is 55.5 Å². The van der Waals surface area contributed by atoms with Gasteiger partial charge in [0.15, 0.2) is 0 Å². The van der Waals surface area contributed by atoms with Crippen LogP contribution in [0, 0.1) is 6.92 Å². The van der Waals surface area contributed by atoms with E-state index in [9.17, 15) is 9.59 Å². The van der Waals surface area contributed by atoms with Gasteiger partial charge in [-0.1, -0.05) is 12.8 Å². The van der Waals surface area contributed by atoms with E-state index in [0.29, 0.717) is 30.2 Å². The summed E-state index contributed by atoms with van der Waals surface area (Å²) >= 11 is 0. The maximum absolute atomic E-state index is 12.4. The van der Waals surface area contributed by atoms with Gasteiger partial charge in [-0.15, -0.1) is 0 Å². The summed E-state index contributed by atoms with van der Waals surface area (Å²) in [5.41, 5.74) is 0.440. The number of esters is 1. The third-order valence-electron chi connectivity index (χ3n) is 4.16. The Hall–Kier alpha value is -1.82. The number of amides is 1. The molecule has 0 atom stereocenters. The lowest BCUT2D eigenvalue weighted by atomic mass is 10.2. The standard InChI is InChI=1S/C17H26N2O4/c1-13-15(17(21)22-3)10-14(23-13)11-18(2)12-16(20)19-8-6-4-5-7-9-19/h10H,4-9,11-12H2,1-3H3. The molecule has 2 heterocycles. The molecule has 0 aromatic carbocycles. The minimum atomic E-state index is -0.402. The van der Waals surface area contributed by atoms with Crippen molar-refractivity contribution in [2.45, 2.75) is 39.2 Å². The van der Waals surface area contributed by atoms with Gasteiger partial charge in [0.05, 0.1) is 20.2 Å². The van der Waals surface area contributed by atoms with E-state index in [1.807, 2.05) is 16.8 Å². The first-order valence-electron chi connectivity index (χ1n) is 8.15. The molecule has 2 rings (SSSR count). The topological polar surface area (TPSA) is 63.0 Å². The summed E-state index contributed by atoms with van der Waals surface area (Å²) in [6.07, 6.45) is 4.60. The largest absolute Gasteiger partial charge is 0.465 e. The van der Waals surface area contributed by atoms with E-state index in [2.05, 4.69) is 0 Å². The number of likely N-dealkylation sites (N-methyl/N-ethyl adjacent to an activating group) is 1. The third kappa shape index (κ3) is 4.82. The van der Waals surface area contributed by atoms with E-state index in [1.54, 1.807) is 13.0 Å². The average molecular weight is 322 g/mol. The van der Waals surface area contributed by atoms with Gasteiger partial charge in [-0.2, -0.15) is 0 Å². The summed E-state index contributed by atoms with van der Waals surface area (Å²) in [6, 6.07) is 1.69. The Morgan fingerprint density at radius 2 is 1.91 bits per heavy atom. The van der Waals surface area contributed by atoms with Crippen LogP contribution in [0.3, 0.4) is 0 Å². The van der Waals surface area contributed by atoms with Crippen LogP contribution in [0.2, 0.25) is 0 Å². The Morgan fingerprint density at radius 3 is 2.52 bits per heavy atom. The van der Waals surface area contributed by atoms with Crippen molar-refractivity contribution in [3.63, 3.8) is 0 Å². The van der Waals surface area contributed by atoms with E-state index >= 15 is 0 Å². The van der Waals surface area contributed by atoms with Gasteiger partial charge in [-0.05, 0) is 32.9 Å². The molecule has 0 aliphatic carbocycles. The molecule has 0 saturated carbocycles. The van der Waals surface area contributed by atoms with Crippen molar-refractivity contribution < 1.29 is 18.7 Å². The Labute approximate surface area is 137 Å². The van der Waals surface area contributed by atoms with E-state index in [1.165, 1.54) is 20.0 Å². The van der Waals surface area contributed by atoms with E-state index < -0.39 is 5.97 Å². The molecular weight excluding hydrogens is 296 g/mol. The summed E-state index contributed by atoms with van der Waals surface area (Å²) in [5, 5.41) is 0. The van der Waals surface area contributed by atoms with Crippen LogP contribution in [0.5, 0.6) is 0 Å². The number of hydrogen-bond donors (Lipinski definition) is 0.